The van der Waals surface area contributed by atoms with Crippen LogP contribution in [-0.2, 0) is 27.3 Å². The van der Waals surface area contributed by atoms with Crippen LogP contribution in [0.2, 0.25) is 5.02 Å². The molecule has 0 atom stereocenters. The van der Waals surface area contributed by atoms with Crippen molar-refractivity contribution in [2.75, 3.05) is 6.61 Å². The molecule has 1 N–H and O–H groups in total. The molecule has 0 bridgehead atoms. The highest BCUT2D eigenvalue weighted by molar-refractivity contribution is 7.10. The first-order valence-corrected chi connectivity index (χ1v) is 7.69. The average Bonchev–Trinajstić information content (AvgIpc) is 2.97. The van der Waals surface area contributed by atoms with Crippen LogP contribution in [-0.4, -0.2) is 18.5 Å². The Labute approximate surface area is 135 Å². The third-order valence-electron chi connectivity index (χ3n) is 2.75. The van der Waals surface area contributed by atoms with Crippen molar-refractivity contribution in [1.82, 2.24) is 5.32 Å². The van der Waals surface area contributed by atoms with Crippen molar-refractivity contribution in [1.29, 1.82) is 0 Å². The highest BCUT2D eigenvalue weighted by Crippen LogP contribution is 2.16. The molecule has 0 aliphatic rings. The number of halogens is 2. The fourth-order valence-corrected chi connectivity index (χ4v) is 2.59. The first-order chi connectivity index (χ1) is 10.5. The number of hydrogen-bond donors (Lipinski definition) is 1. The summed E-state index contributed by atoms with van der Waals surface area (Å²) >= 11 is 7.29. The highest BCUT2D eigenvalue weighted by atomic mass is 35.5. The molecule has 0 saturated carbocycles. The number of amides is 1. The Morgan fingerprint density at radius 1 is 1.32 bits per heavy atom. The molecule has 1 aromatic heterocycles. The van der Waals surface area contributed by atoms with E-state index in [0.29, 0.717) is 5.56 Å². The number of esters is 1. The molecule has 0 saturated heterocycles. The standard InChI is InChI=1S/C15H13ClFNO3S/c16-13-6-11(17)4-3-10(13)8-18-14(19)9-21-15(20)7-12-2-1-5-22-12/h1-6H,7-9H2,(H,18,19). The van der Waals surface area contributed by atoms with Gasteiger partial charge in [-0.15, -0.1) is 11.3 Å². The first-order valence-electron chi connectivity index (χ1n) is 6.43. The smallest absolute Gasteiger partial charge is 0.311 e. The van der Waals surface area contributed by atoms with Crippen LogP contribution in [0.25, 0.3) is 0 Å². The number of hydrogen-bond acceptors (Lipinski definition) is 4. The Bertz CT molecular complexity index is 661. The van der Waals surface area contributed by atoms with E-state index in [9.17, 15) is 14.0 Å². The van der Waals surface area contributed by atoms with Gasteiger partial charge in [0.1, 0.15) is 5.82 Å². The second-order valence-electron chi connectivity index (χ2n) is 4.43. The normalized spacial score (nSPS) is 10.3. The van der Waals surface area contributed by atoms with Gasteiger partial charge in [-0.05, 0) is 29.1 Å². The lowest BCUT2D eigenvalue weighted by Gasteiger charge is -2.08. The maximum Gasteiger partial charge on any atom is 0.311 e. The molecule has 0 fully saturated rings. The zero-order chi connectivity index (χ0) is 15.9. The summed E-state index contributed by atoms with van der Waals surface area (Å²) in [7, 11) is 0. The molecule has 0 radical (unpaired) electrons. The Morgan fingerprint density at radius 3 is 2.82 bits per heavy atom. The summed E-state index contributed by atoms with van der Waals surface area (Å²) in [4.78, 5) is 24.0. The Balaban J connectivity index is 1.72. The van der Waals surface area contributed by atoms with Crippen molar-refractivity contribution in [2.24, 2.45) is 0 Å². The molecule has 1 heterocycles. The Kier molecular flexibility index (Phi) is 5.91. The fraction of sp³-hybridized carbons (Fsp3) is 0.200. The quantitative estimate of drug-likeness (QED) is 0.822. The highest BCUT2D eigenvalue weighted by Gasteiger charge is 2.10. The minimum Gasteiger partial charge on any atom is -0.455 e. The van der Waals surface area contributed by atoms with E-state index in [-0.39, 0.29) is 24.6 Å². The van der Waals surface area contributed by atoms with Crippen molar-refractivity contribution in [3.8, 4) is 0 Å². The molecule has 22 heavy (non-hydrogen) atoms. The molecular weight excluding hydrogens is 329 g/mol. The molecule has 1 aromatic carbocycles. The number of carbonyl (C=O) groups excluding carboxylic acids is 2. The van der Waals surface area contributed by atoms with Gasteiger partial charge < -0.3 is 10.1 Å². The molecule has 4 nitrogen and oxygen atoms in total. The average molecular weight is 342 g/mol. The minimum atomic E-state index is -0.461. The largest absolute Gasteiger partial charge is 0.455 e. The predicted octanol–water partition coefficient (Wildman–Crippen LogP) is 2.94. The molecule has 2 aromatic rings. The van der Waals surface area contributed by atoms with Gasteiger partial charge in [-0.1, -0.05) is 23.7 Å². The summed E-state index contributed by atoms with van der Waals surface area (Å²) in [5, 5.41) is 4.65. The van der Waals surface area contributed by atoms with E-state index in [1.807, 2.05) is 17.5 Å². The number of carbonyl (C=O) groups is 2. The van der Waals surface area contributed by atoms with Crippen LogP contribution < -0.4 is 5.32 Å². The number of benzene rings is 1. The van der Waals surface area contributed by atoms with Gasteiger partial charge in [0.25, 0.3) is 5.91 Å². The van der Waals surface area contributed by atoms with E-state index >= 15 is 0 Å². The second kappa shape index (κ2) is 7.91. The summed E-state index contributed by atoms with van der Waals surface area (Å²) in [5.74, 6) is -1.35. The van der Waals surface area contributed by atoms with Gasteiger partial charge in [0.2, 0.25) is 0 Å². The summed E-state index contributed by atoms with van der Waals surface area (Å²) in [6, 6.07) is 7.58. The van der Waals surface area contributed by atoms with Crippen LogP contribution in [0.4, 0.5) is 4.39 Å². The van der Waals surface area contributed by atoms with Crippen molar-refractivity contribution in [2.45, 2.75) is 13.0 Å². The maximum absolute atomic E-state index is 12.9. The summed E-state index contributed by atoms with van der Waals surface area (Å²) in [5.41, 5.74) is 0.585. The van der Waals surface area contributed by atoms with Crippen LogP contribution in [0.15, 0.2) is 35.7 Å². The summed E-state index contributed by atoms with van der Waals surface area (Å²) in [6.07, 6.45) is 0.148. The lowest BCUT2D eigenvalue weighted by atomic mass is 10.2. The van der Waals surface area contributed by atoms with Crippen molar-refractivity contribution < 1.29 is 18.7 Å². The maximum atomic E-state index is 12.9. The number of thiophene rings is 1. The lowest BCUT2D eigenvalue weighted by molar-refractivity contribution is -0.147. The molecule has 0 aliphatic heterocycles. The summed E-state index contributed by atoms with van der Waals surface area (Å²) in [6.45, 7) is -0.219. The molecule has 1 amide bonds. The fourth-order valence-electron chi connectivity index (χ4n) is 1.66. The zero-order valence-electron chi connectivity index (χ0n) is 11.5. The lowest BCUT2D eigenvalue weighted by Crippen LogP contribution is -2.28. The molecule has 0 aliphatic carbocycles. The van der Waals surface area contributed by atoms with E-state index in [4.69, 9.17) is 16.3 Å². The molecule has 116 valence electrons. The van der Waals surface area contributed by atoms with E-state index in [1.165, 1.54) is 29.5 Å². The summed E-state index contributed by atoms with van der Waals surface area (Å²) < 4.78 is 17.8. The SMILES string of the molecule is O=C(COC(=O)Cc1cccs1)NCc1ccc(F)cc1Cl. The van der Waals surface area contributed by atoms with Gasteiger partial charge >= 0.3 is 5.97 Å². The number of nitrogens with one attached hydrogen (secondary N) is 1. The topological polar surface area (TPSA) is 55.4 Å². The number of rotatable bonds is 6. The van der Waals surface area contributed by atoms with E-state index < -0.39 is 17.7 Å². The Morgan fingerprint density at radius 2 is 2.14 bits per heavy atom. The molecule has 7 heteroatoms. The Hall–Kier alpha value is -1.92. The van der Waals surface area contributed by atoms with Crippen molar-refractivity contribution >= 4 is 34.8 Å². The van der Waals surface area contributed by atoms with Crippen LogP contribution in [0.5, 0.6) is 0 Å². The third kappa shape index (κ3) is 5.13. The van der Waals surface area contributed by atoms with Crippen LogP contribution in [0.3, 0.4) is 0 Å². The van der Waals surface area contributed by atoms with E-state index in [1.54, 1.807) is 0 Å². The molecular formula is C15H13ClFNO3S. The second-order valence-corrected chi connectivity index (χ2v) is 5.87. The van der Waals surface area contributed by atoms with Gasteiger partial charge in [0.05, 0.1) is 6.42 Å². The monoisotopic (exact) mass is 341 g/mol. The van der Waals surface area contributed by atoms with Crippen molar-refractivity contribution in [3.63, 3.8) is 0 Å². The molecule has 2 rings (SSSR count). The van der Waals surface area contributed by atoms with Gasteiger partial charge in [-0.25, -0.2) is 4.39 Å². The number of ether oxygens (including phenoxy) is 1. The molecule has 0 unspecified atom stereocenters. The zero-order valence-corrected chi connectivity index (χ0v) is 13.0. The van der Waals surface area contributed by atoms with Crippen LogP contribution in [0.1, 0.15) is 10.4 Å². The van der Waals surface area contributed by atoms with Gasteiger partial charge in [0, 0.05) is 16.4 Å². The van der Waals surface area contributed by atoms with E-state index in [0.717, 1.165) is 4.88 Å². The minimum absolute atomic E-state index is 0.139. The van der Waals surface area contributed by atoms with Gasteiger partial charge in [-0.3, -0.25) is 9.59 Å². The first kappa shape index (κ1) is 16.5. The molecule has 0 spiro atoms. The van der Waals surface area contributed by atoms with Gasteiger partial charge in [0.15, 0.2) is 6.61 Å². The van der Waals surface area contributed by atoms with Crippen molar-refractivity contribution in [3.05, 3.63) is 57.0 Å². The predicted molar refractivity (Wildman–Crippen MR) is 82.2 cm³/mol. The van der Waals surface area contributed by atoms with Crippen LogP contribution in [0, 0.1) is 5.82 Å². The third-order valence-corrected chi connectivity index (χ3v) is 3.98. The van der Waals surface area contributed by atoms with Gasteiger partial charge in [-0.2, -0.15) is 0 Å². The van der Waals surface area contributed by atoms with Crippen LogP contribution >= 0.6 is 22.9 Å². The van der Waals surface area contributed by atoms with E-state index in [2.05, 4.69) is 5.32 Å².